The lowest BCUT2D eigenvalue weighted by Crippen LogP contribution is -2.48. The van der Waals surface area contributed by atoms with Gasteiger partial charge in [0.15, 0.2) is 6.61 Å². The second kappa shape index (κ2) is 5.72. The van der Waals surface area contributed by atoms with Crippen molar-refractivity contribution in [3.8, 4) is 11.8 Å². The first-order valence-electron chi connectivity index (χ1n) is 6.30. The Hall–Kier alpha value is -2.06. The minimum absolute atomic E-state index is 0.0153. The summed E-state index contributed by atoms with van der Waals surface area (Å²) < 4.78 is 5.13. The Labute approximate surface area is 112 Å². The van der Waals surface area contributed by atoms with Crippen LogP contribution in [0.4, 0.5) is 5.69 Å². The highest BCUT2D eigenvalue weighted by molar-refractivity contribution is 5.91. The van der Waals surface area contributed by atoms with E-state index in [1.807, 2.05) is 6.07 Å². The van der Waals surface area contributed by atoms with E-state index in [4.69, 9.17) is 15.7 Å². The molecule has 1 aliphatic carbocycles. The van der Waals surface area contributed by atoms with Crippen LogP contribution in [-0.2, 0) is 4.79 Å². The summed E-state index contributed by atoms with van der Waals surface area (Å²) in [5.41, 5.74) is 6.43. The van der Waals surface area contributed by atoms with Crippen LogP contribution in [0.2, 0.25) is 0 Å². The van der Waals surface area contributed by atoms with Crippen LogP contribution in [0.3, 0.4) is 0 Å². The maximum Gasteiger partial charge on any atom is 0.226 e. The zero-order chi connectivity index (χ0) is 13.7. The Bertz CT molecular complexity index is 486. The summed E-state index contributed by atoms with van der Waals surface area (Å²) in [6, 6.07) is 8.82. The average molecular weight is 259 g/mol. The number of carbonyl (C=O) groups excluding carboxylic acids is 1. The molecule has 1 aromatic carbocycles. The maximum absolute atomic E-state index is 11.8. The molecule has 0 radical (unpaired) electrons. The topological polar surface area (TPSA) is 88.1 Å². The predicted octanol–water partition coefficient (Wildman–Crippen LogP) is 1.80. The van der Waals surface area contributed by atoms with Gasteiger partial charge in [0.1, 0.15) is 11.8 Å². The fourth-order valence-electron chi connectivity index (χ4n) is 2.08. The Morgan fingerprint density at radius 3 is 2.63 bits per heavy atom. The molecule has 0 aliphatic heterocycles. The molecule has 1 saturated carbocycles. The van der Waals surface area contributed by atoms with E-state index < -0.39 is 0 Å². The van der Waals surface area contributed by atoms with E-state index in [9.17, 15) is 4.79 Å². The van der Waals surface area contributed by atoms with Crippen molar-refractivity contribution in [1.29, 1.82) is 5.26 Å². The number of hydrogen-bond donors (Lipinski definition) is 2. The van der Waals surface area contributed by atoms with Crippen molar-refractivity contribution >= 4 is 11.6 Å². The van der Waals surface area contributed by atoms with Gasteiger partial charge in [0.2, 0.25) is 5.91 Å². The number of nitrogens with zero attached hydrogens (tertiary/aromatic N) is 1. The molecule has 0 aromatic heterocycles. The van der Waals surface area contributed by atoms with Crippen molar-refractivity contribution in [3.63, 3.8) is 0 Å². The molecular weight excluding hydrogens is 242 g/mol. The minimum Gasteiger partial charge on any atom is -0.479 e. The van der Waals surface area contributed by atoms with E-state index in [1.165, 1.54) is 0 Å². The highest BCUT2D eigenvalue weighted by atomic mass is 16.5. The van der Waals surface area contributed by atoms with Crippen LogP contribution in [0.1, 0.15) is 25.7 Å². The van der Waals surface area contributed by atoms with Crippen LogP contribution in [0.25, 0.3) is 0 Å². The Morgan fingerprint density at radius 1 is 1.42 bits per heavy atom. The SMILES string of the molecule is N#CCOc1ccc(NC(=O)CC2(N)CCC2)cc1. The second-order valence-electron chi connectivity index (χ2n) is 4.91. The number of hydrogen-bond acceptors (Lipinski definition) is 4. The standard InChI is InChI=1S/C14H17N3O2/c15-8-9-19-12-4-2-11(3-5-12)17-13(18)10-14(16)6-1-7-14/h2-5H,1,6-7,9-10,16H2,(H,17,18). The number of anilines is 1. The van der Waals surface area contributed by atoms with Gasteiger partial charge in [-0.15, -0.1) is 0 Å². The van der Waals surface area contributed by atoms with Crippen molar-refractivity contribution in [2.75, 3.05) is 11.9 Å². The Balaban J connectivity index is 1.85. The van der Waals surface area contributed by atoms with Crippen molar-refractivity contribution in [3.05, 3.63) is 24.3 Å². The normalized spacial score (nSPS) is 16.0. The third kappa shape index (κ3) is 3.70. The highest BCUT2D eigenvalue weighted by Crippen LogP contribution is 2.32. The zero-order valence-corrected chi connectivity index (χ0v) is 10.7. The smallest absolute Gasteiger partial charge is 0.226 e. The van der Waals surface area contributed by atoms with E-state index in [2.05, 4.69) is 5.32 Å². The first-order chi connectivity index (χ1) is 9.11. The summed E-state index contributed by atoms with van der Waals surface area (Å²) in [6.45, 7) is 0.0153. The van der Waals surface area contributed by atoms with Gasteiger partial charge < -0.3 is 15.8 Å². The molecule has 0 saturated heterocycles. The van der Waals surface area contributed by atoms with Gasteiger partial charge in [-0.1, -0.05) is 0 Å². The summed E-state index contributed by atoms with van der Waals surface area (Å²) in [7, 11) is 0. The molecule has 3 N–H and O–H groups in total. The third-order valence-corrected chi connectivity index (χ3v) is 3.30. The highest BCUT2D eigenvalue weighted by Gasteiger charge is 2.34. The van der Waals surface area contributed by atoms with Crippen LogP contribution in [-0.4, -0.2) is 18.1 Å². The van der Waals surface area contributed by atoms with Crippen LogP contribution in [0, 0.1) is 11.3 Å². The summed E-state index contributed by atoms with van der Waals surface area (Å²) in [4.78, 5) is 11.8. The van der Waals surface area contributed by atoms with E-state index in [0.29, 0.717) is 17.9 Å². The number of rotatable bonds is 5. The van der Waals surface area contributed by atoms with Gasteiger partial charge in [-0.05, 0) is 43.5 Å². The average Bonchev–Trinajstić information content (AvgIpc) is 2.36. The number of nitriles is 1. The van der Waals surface area contributed by atoms with Crippen molar-refractivity contribution < 1.29 is 9.53 Å². The molecule has 19 heavy (non-hydrogen) atoms. The minimum atomic E-state index is -0.306. The van der Waals surface area contributed by atoms with Gasteiger partial charge in [-0.25, -0.2) is 0 Å². The van der Waals surface area contributed by atoms with E-state index in [1.54, 1.807) is 24.3 Å². The molecule has 0 heterocycles. The summed E-state index contributed by atoms with van der Waals surface area (Å²) >= 11 is 0. The Kier molecular flexibility index (Phi) is 4.03. The largest absolute Gasteiger partial charge is 0.479 e. The molecule has 1 aromatic rings. The lowest BCUT2D eigenvalue weighted by molar-refractivity contribution is -0.118. The second-order valence-corrected chi connectivity index (χ2v) is 4.91. The molecule has 1 fully saturated rings. The Morgan fingerprint density at radius 2 is 2.11 bits per heavy atom. The van der Waals surface area contributed by atoms with E-state index in [0.717, 1.165) is 19.3 Å². The maximum atomic E-state index is 11.8. The molecule has 5 heteroatoms. The molecule has 100 valence electrons. The first kappa shape index (κ1) is 13.4. The van der Waals surface area contributed by atoms with Crippen LogP contribution >= 0.6 is 0 Å². The summed E-state index contributed by atoms with van der Waals surface area (Å²) in [5, 5.41) is 11.2. The first-order valence-corrected chi connectivity index (χ1v) is 6.30. The molecular formula is C14H17N3O2. The number of nitrogens with one attached hydrogen (secondary N) is 1. The van der Waals surface area contributed by atoms with E-state index >= 15 is 0 Å². The number of ether oxygens (including phenoxy) is 1. The van der Waals surface area contributed by atoms with Crippen LogP contribution < -0.4 is 15.8 Å². The molecule has 1 amide bonds. The van der Waals surface area contributed by atoms with Gasteiger partial charge in [0, 0.05) is 17.6 Å². The summed E-state index contributed by atoms with van der Waals surface area (Å²) in [5.74, 6) is 0.543. The van der Waals surface area contributed by atoms with Gasteiger partial charge in [0.25, 0.3) is 0 Å². The fraction of sp³-hybridized carbons (Fsp3) is 0.429. The fourth-order valence-corrected chi connectivity index (χ4v) is 2.08. The molecule has 1 aliphatic rings. The zero-order valence-electron chi connectivity index (χ0n) is 10.7. The molecule has 2 rings (SSSR count). The van der Waals surface area contributed by atoms with Crippen LogP contribution in [0.5, 0.6) is 5.75 Å². The van der Waals surface area contributed by atoms with Crippen molar-refractivity contribution in [2.45, 2.75) is 31.2 Å². The third-order valence-electron chi connectivity index (χ3n) is 3.30. The number of amides is 1. The van der Waals surface area contributed by atoms with Gasteiger partial charge in [0.05, 0.1) is 0 Å². The molecule has 0 bridgehead atoms. The number of carbonyl (C=O) groups is 1. The molecule has 0 atom stereocenters. The van der Waals surface area contributed by atoms with E-state index in [-0.39, 0.29) is 18.1 Å². The van der Waals surface area contributed by atoms with Gasteiger partial charge >= 0.3 is 0 Å². The number of nitrogens with two attached hydrogens (primary N) is 1. The lowest BCUT2D eigenvalue weighted by atomic mass is 9.75. The molecule has 0 unspecified atom stereocenters. The van der Waals surface area contributed by atoms with Crippen molar-refractivity contribution in [2.24, 2.45) is 5.73 Å². The molecule has 5 nitrogen and oxygen atoms in total. The number of benzene rings is 1. The van der Waals surface area contributed by atoms with Crippen LogP contribution in [0.15, 0.2) is 24.3 Å². The molecule has 0 spiro atoms. The monoisotopic (exact) mass is 259 g/mol. The quantitative estimate of drug-likeness (QED) is 0.843. The predicted molar refractivity (Wildman–Crippen MR) is 71.6 cm³/mol. The lowest BCUT2D eigenvalue weighted by Gasteiger charge is -2.37. The van der Waals surface area contributed by atoms with Gasteiger partial charge in [-0.3, -0.25) is 4.79 Å². The van der Waals surface area contributed by atoms with Gasteiger partial charge in [-0.2, -0.15) is 5.26 Å². The van der Waals surface area contributed by atoms with Crippen molar-refractivity contribution in [1.82, 2.24) is 0 Å². The summed E-state index contributed by atoms with van der Waals surface area (Å²) in [6.07, 6.45) is 3.30.